The molecule has 1 atom stereocenters. The Morgan fingerprint density at radius 3 is 2.60 bits per heavy atom. The Balaban J connectivity index is 2.83. The lowest BCUT2D eigenvalue weighted by molar-refractivity contribution is -0.139. The van der Waals surface area contributed by atoms with Gasteiger partial charge in [-0.15, -0.1) is 0 Å². The molecule has 0 saturated carbocycles. The average molecular weight is 282 g/mol. The van der Waals surface area contributed by atoms with Crippen molar-refractivity contribution in [3.05, 3.63) is 24.3 Å². The first-order chi connectivity index (χ1) is 9.51. The number of carbonyl (C=O) groups excluding carboxylic acids is 1. The number of carboxylic acids is 1. The van der Waals surface area contributed by atoms with Gasteiger partial charge < -0.3 is 20.3 Å². The molecule has 7 nitrogen and oxygen atoms in total. The van der Waals surface area contributed by atoms with E-state index >= 15 is 0 Å². The van der Waals surface area contributed by atoms with Crippen LogP contribution in [0, 0.1) is 0 Å². The maximum absolute atomic E-state index is 12.0. The summed E-state index contributed by atoms with van der Waals surface area (Å²) < 4.78 is 5.14. The fourth-order valence-electron chi connectivity index (χ4n) is 1.65. The number of aliphatic hydroxyl groups excluding tert-OH is 1. The number of carboxylic acid groups (broad SMARTS) is 1. The van der Waals surface area contributed by atoms with E-state index in [0.717, 1.165) is 0 Å². The maximum atomic E-state index is 12.0. The van der Waals surface area contributed by atoms with Crippen LogP contribution in [0.3, 0.4) is 0 Å². The van der Waals surface area contributed by atoms with E-state index < -0.39 is 18.0 Å². The predicted octanol–water partition coefficient (Wildman–Crippen LogP) is 0.677. The van der Waals surface area contributed by atoms with Crippen LogP contribution in [0.25, 0.3) is 0 Å². The third-order valence-electron chi connectivity index (χ3n) is 2.76. The van der Waals surface area contributed by atoms with Crippen molar-refractivity contribution < 1.29 is 24.5 Å². The van der Waals surface area contributed by atoms with Crippen molar-refractivity contribution in [1.29, 1.82) is 0 Å². The van der Waals surface area contributed by atoms with Crippen LogP contribution in [0.4, 0.5) is 10.5 Å². The quantitative estimate of drug-likeness (QED) is 0.712. The van der Waals surface area contributed by atoms with Crippen LogP contribution in [0.2, 0.25) is 0 Å². The zero-order chi connectivity index (χ0) is 15.1. The lowest BCUT2D eigenvalue weighted by Crippen LogP contribution is -2.47. The Kier molecular flexibility index (Phi) is 5.79. The summed E-state index contributed by atoms with van der Waals surface area (Å²) in [5, 5.41) is 20.1. The molecule has 0 aliphatic heterocycles. The Morgan fingerprint density at radius 1 is 1.40 bits per heavy atom. The highest BCUT2D eigenvalue weighted by molar-refractivity contribution is 5.95. The molecule has 0 radical (unpaired) electrons. The first-order valence-corrected chi connectivity index (χ1v) is 6.02. The fraction of sp³-hybridized carbons (Fsp3) is 0.385. The number of methoxy groups -OCH3 is 1. The highest BCUT2D eigenvalue weighted by atomic mass is 16.5. The van der Waals surface area contributed by atoms with E-state index in [1.807, 2.05) is 0 Å². The minimum absolute atomic E-state index is 0.0547. The molecule has 2 amide bonds. The zero-order valence-corrected chi connectivity index (χ0v) is 11.4. The Bertz CT molecular complexity index is 478. The lowest BCUT2D eigenvalue weighted by Gasteiger charge is -2.22. The standard InChI is InChI=1S/C13H18N2O5/c1-15(10-5-3-4-6-11(10)20-2)13(19)14-9(7-8-16)12(17)18/h3-6,9,16H,7-8H2,1-2H3,(H,14,19)(H,17,18). The summed E-state index contributed by atoms with van der Waals surface area (Å²) in [5.41, 5.74) is 0.514. The number of aliphatic carboxylic acids is 1. The number of rotatable bonds is 6. The molecular weight excluding hydrogens is 264 g/mol. The molecule has 0 bridgehead atoms. The van der Waals surface area contributed by atoms with Crippen LogP contribution in [0.15, 0.2) is 24.3 Å². The number of urea groups is 1. The molecule has 1 rings (SSSR count). The second-order valence-electron chi connectivity index (χ2n) is 4.08. The summed E-state index contributed by atoms with van der Waals surface area (Å²) in [4.78, 5) is 24.2. The highest BCUT2D eigenvalue weighted by Crippen LogP contribution is 2.26. The van der Waals surface area contributed by atoms with Crippen LogP contribution >= 0.6 is 0 Å². The van der Waals surface area contributed by atoms with Gasteiger partial charge in [0.1, 0.15) is 11.8 Å². The van der Waals surface area contributed by atoms with Crippen molar-refractivity contribution >= 4 is 17.7 Å². The van der Waals surface area contributed by atoms with Crippen LogP contribution in [-0.4, -0.2) is 49.0 Å². The van der Waals surface area contributed by atoms with Gasteiger partial charge in [-0.25, -0.2) is 9.59 Å². The summed E-state index contributed by atoms with van der Waals surface area (Å²) in [7, 11) is 2.99. The molecule has 3 N–H and O–H groups in total. The minimum Gasteiger partial charge on any atom is -0.495 e. The topological polar surface area (TPSA) is 99.1 Å². The number of amides is 2. The van der Waals surface area contributed by atoms with Gasteiger partial charge in [0, 0.05) is 20.1 Å². The van der Waals surface area contributed by atoms with Crippen LogP contribution in [-0.2, 0) is 4.79 Å². The van der Waals surface area contributed by atoms with Gasteiger partial charge in [0.2, 0.25) is 0 Å². The van der Waals surface area contributed by atoms with E-state index in [2.05, 4.69) is 5.32 Å². The first kappa shape index (κ1) is 15.8. The molecule has 0 heterocycles. The number of hydrogen-bond donors (Lipinski definition) is 3. The third-order valence-corrected chi connectivity index (χ3v) is 2.76. The van der Waals surface area contributed by atoms with Crippen LogP contribution < -0.4 is 15.0 Å². The van der Waals surface area contributed by atoms with Crippen LogP contribution in [0.1, 0.15) is 6.42 Å². The summed E-state index contributed by atoms with van der Waals surface area (Å²) >= 11 is 0. The van der Waals surface area contributed by atoms with E-state index in [9.17, 15) is 9.59 Å². The number of anilines is 1. The summed E-state index contributed by atoms with van der Waals surface area (Å²) in [6.07, 6.45) is -0.0547. The molecule has 0 saturated heterocycles. The van der Waals surface area contributed by atoms with Crippen molar-refractivity contribution in [3.63, 3.8) is 0 Å². The molecular formula is C13H18N2O5. The fourth-order valence-corrected chi connectivity index (χ4v) is 1.65. The third kappa shape index (κ3) is 3.86. The molecule has 0 aromatic heterocycles. The highest BCUT2D eigenvalue weighted by Gasteiger charge is 2.22. The van der Waals surface area contributed by atoms with Gasteiger partial charge in [-0.1, -0.05) is 12.1 Å². The van der Waals surface area contributed by atoms with Crippen LogP contribution in [0.5, 0.6) is 5.75 Å². The van der Waals surface area contributed by atoms with E-state index in [0.29, 0.717) is 11.4 Å². The van der Waals surface area contributed by atoms with Gasteiger partial charge in [0.15, 0.2) is 0 Å². The van der Waals surface area contributed by atoms with E-state index in [-0.39, 0.29) is 13.0 Å². The number of benzene rings is 1. The summed E-state index contributed by atoms with van der Waals surface area (Å²) in [6, 6.07) is 5.16. The van der Waals surface area contributed by atoms with Gasteiger partial charge >= 0.3 is 12.0 Å². The molecule has 7 heteroatoms. The normalized spacial score (nSPS) is 11.6. The molecule has 0 aliphatic carbocycles. The Morgan fingerprint density at radius 2 is 2.05 bits per heavy atom. The first-order valence-electron chi connectivity index (χ1n) is 6.02. The second-order valence-corrected chi connectivity index (χ2v) is 4.08. The monoisotopic (exact) mass is 282 g/mol. The molecule has 1 aromatic rings. The molecule has 0 fully saturated rings. The predicted molar refractivity (Wildman–Crippen MR) is 73.1 cm³/mol. The molecule has 1 aromatic carbocycles. The SMILES string of the molecule is COc1ccccc1N(C)C(=O)NC(CCO)C(=O)O. The largest absolute Gasteiger partial charge is 0.495 e. The molecule has 0 aliphatic rings. The Hall–Kier alpha value is -2.28. The van der Waals surface area contributed by atoms with E-state index in [4.69, 9.17) is 14.9 Å². The van der Waals surface area contributed by atoms with Gasteiger partial charge in [-0.05, 0) is 12.1 Å². The Labute approximate surface area is 116 Å². The summed E-state index contributed by atoms with van der Waals surface area (Å²) in [5.74, 6) is -0.694. The van der Waals surface area contributed by atoms with Crippen molar-refractivity contribution in [2.45, 2.75) is 12.5 Å². The number of ether oxygens (including phenoxy) is 1. The van der Waals surface area contributed by atoms with Gasteiger partial charge in [0.25, 0.3) is 0 Å². The number of hydrogen-bond acceptors (Lipinski definition) is 4. The average Bonchev–Trinajstić information content (AvgIpc) is 2.45. The number of nitrogens with one attached hydrogen (secondary N) is 1. The zero-order valence-electron chi connectivity index (χ0n) is 11.4. The molecule has 20 heavy (non-hydrogen) atoms. The van der Waals surface area contributed by atoms with Crippen molar-refractivity contribution in [1.82, 2.24) is 5.32 Å². The number of aliphatic hydroxyl groups is 1. The lowest BCUT2D eigenvalue weighted by atomic mass is 10.2. The number of nitrogens with zero attached hydrogens (tertiary/aromatic N) is 1. The maximum Gasteiger partial charge on any atom is 0.326 e. The van der Waals surface area contributed by atoms with Crippen molar-refractivity contribution in [2.24, 2.45) is 0 Å². The molecule has 0 spiro atoms. The summed E-state index contributed by atoms with van der Waals surface area (Å²) in [6.45, 7) is -0.324. The van der Waals surface area contributed by atoms with Crippen molar-refractivity contribution in [2.75, 3.05) is 25.7 Å². The van der Waals surface area contributed by atoms with E-state index in [1.54, 1.807) is 24.3 Å². The molecule has 1 unspecified atom stereocenters. The van der Waals surface area contributed by atoms with Crippen molar-refractivity contribution in [3.8, 4) is 5.75 Å². The van der Waals surface area contributed by atoms with Gasteiger partial charge in [0.05, 0.1) is 12.8 Å². The van der Waals surface area contributed by atoms with Gasteiger partial charge in [-0.2, -0.15) is 0 Å². The smallest absolute Gasteiger partial charge is 0.326 e. The number of carbonyl (C=O) groups is 2. The van der Waals surface area contributed by atoms with E-state index in [1.165, 1.54) is 19.1 Å². The molecule has 110 valence electrons. The van der Waals surface area contributed by atoms with Gasteiger partial charge in [-0.3, -0.25) is 4.90 Å². The second kappa shape index (κ2) is 7.34. The minimum atomic E-state index is -1.19. The number of para-hydroxylation sites is 2.